The Bertz CT molecular complexity index is 447. The smallest absolute Gasteiger partial charge is 0.277 e. The van der Waals surface area contributed by atoms with Crippen molar-refractivity contribution in [3.63, 3.8) is 0 Å². The summed E-state index contributed by atoms with van der Waals surface area (Å²) in [7, 11) is 0. The summed E-state index contributed by atoms with van der Waals surface area (Å²) < 4.78 is 5.38. The molecule has 1 amide bonds. The highest BCUT2D eigenvalue weighted by Gasteiger charge is 2.09. The monoisotopic (exact) mass is 246 g/mol. The van der Waals surface area contributed by atoms with Crippen molar-refractivity contribution in [2.75, 3.05) is 6.61 Å². The molecule has 4 nitrogen and oxygen atoms in total. The summed E-state index contributed by atoms with van der Waals surface area (Å²) in [6, 6.07) is 7.62. The van der Waals surface area contributed by atoms with Gasteiger partial charge < -0.3 is 4.74 Å². The third kappa shape index (κ3) is 3.87. The number of ether oxygens (including phenoxy) is 1. The second-order valence-electron chi connectivity index (χ2n) is 4.53. The maximum absolute atomic E-state index is 11.5. The fraction of sp³-hybridized carbons (Fsp3) is 0.429. The van der Waals surface area contributed by atoms with Gasteiger partial charge in [-0.15, -0.1) is 0 Å². The van der Waals surface area contributed by atoms with Gasteiger partial charge in [-0.25, -0.2) is 5.43 Å². The highest BCUT2D eigenvalue weighted by molar-refractivity contribution is 5.87. The molecule has 96 valence electrons. The van der Waals surface area contributed by atoms with E-state index >= 15 is 0 Å². The number of nitrogens with zero attached hydrogens (tertiary/aromatic N) is 1. The Hall–Kier alpha value is -1.84. The number of amides is 1. The third-order valence-electron chi connectivity index (χ3n) is 2.88. The molecule has 1 aliphatic carbocycles. The lowest BCUT2D eigenvalue weighted by Gasteiger charge is -2.05. The predicted molar refractivity (Wildman–Crippen MR) is 70.7 cm³/mol. The Labute approximate surface area is 107 Å². The molecule has 18 heavy (non-hydrogen) atoms. The van der Waals surface area contributed by atoms with Gasteiger partial charge in [0, 0.05) is 5.71 Å². The Morgan fingerprint density at radius 3 is 2.89 bits per heavy atom. The summed E-state index contributed by atoms with van der Waals surface area (Å²) in [5, 5.41) is 4.09. The van der Waals surface area contributed by atoms with E-state index in [2.05, 4.69) is 10.5 Å². The molecule has 0 radical (unpaired) electrons. The lowest BCUT2D eigenvalue weighted by molar-refractivity contribution is -0.123. The second-order valence-corrected chi connectivity index (χ2v) is 4.53. The Morgan fingerprint density at radius 1 is 1.39 bits per heavy atom. The molecule has 0 aromatic heterocycles. The molecular formula is C14H18N2O2. The van der Waals surface area contributed by atoms with E-state index in [-0.39, 0.29) is 12.5 Å². The van der Waals surface area contributed by atoms with Gasteiger partial charge in [-0.3, -0.25) is 4.79 Å². The van der Waals surface area contributed by atoms with Crippen molar-refractivity contribution in [3.05, 3.63) is 29.8 Å². The third-order valence-corrected chi connectivity index (χ3v) is 2.88. The van der Waals surface area contributed by atoms with E-state index in [9.17, 15) is 4.79 Å². The van der Waals surface area contributed by atoms with Gasteiger partial charge in [0.05, 0.1) is 0 Å². The summed E-state index contributed by atoms with van der Waals surface area (Å²) in [4.78, 5) is 11.5. The molecule has 1 N–H and O–H groups in total. The minimum Gasteiger partial charge on any atom is -0.484 e. The molecule has 2 rings (SSSR count). The van der Waals surface area contributed by atoms with Gasteiger partial charge in [-0.05, 0) is 50.3 Å². The maximum atomic E-state index is 11.5. The van der Waals surface area contributed by atoms with Crippen LogP contribution < -0.4 is 10.2 Å². The molecule has 0 heterocycles. The molecule has 0 bridgehead atoms. The van der Waals surface area contributed by atoms with Crippen LogP contribution in [0, 0.1) is 6.92 Å². The molecule has 1 aromatic rings. The van der Waals surface area contributed by atoms with E-state index < -0.39 is 0 Å². The average molecular weight is 246 g/mol. The Morgan fingerprint density at radius 2 is 2.17 bits per heavy atom. The van der Waals surface area contributed by atoms with Crippen LogP contribution in [0.4, 0.5) is 0 Å². The molecule has 1 saturated carbocycles. The number of hydrogen-bond acceptors (Lipinski definition) is 3. The number of rotatable bonds is 4. The minimum atomic E-state index is -0.212. The predicted octanol–water partition coefficient (Wildman–Crippen LogP) is 2.42. The molecular weight excluding hydrogens is 228 g/mol. The lowest BCUT2D eigenvalue weighted by atomic mass is 10.2. The highest BCUT2D eigenvalue weighted by Crippen LogP contribution is 2.14. The zero-order valence-corrected chi connectivity index (χ0v) is 10.6. The molecule has 0 atom stereocenters. The number of hydrazone groups is 1. The molecule has 0 spiro atoms. The molecule has 4 heteroatoms. The van der Waals surface area contributed by atoms with E-state index in [1.54, 1.807) is 0 Å². The molecule has 1 fully saturated rings. The maximum Gasteiger partial charge on any atom is 0.277 e. The minimum absolute atomic E-state index is 0.000231. The van der Waals surface area contributed by atoms with Crippen molar-refractivity contribution < 1.29 is 9.53 Å². The largest absolute Gasteiger partial charge is 0.484 e. The highest BCUT2D eigenvalue weighted by atomic mass is 16.5. The van der Waals surface area contributed by atoms with Crippen molar-refractivity contribution in [1.29, 1.82) is 0 Å². The van der Waals surface area contributed by atoms with E-state index in [4.69, 9.17) is 4.74 Å². The van der Waals surface area contributed by atoms with Gasteiger partial charge in [-0.2, -0.15) is 5.10 Å². The van der Waals surface area contributed by atoms with Crippen LogP contribution in [0.2, 0.25) is 0 Å². The van der Waals surface area contributed by atoms with Crippen molar-refractivity contribution >= 4 is 11.6 Å². The van der Waals surface area contributed by atoms with E-state index in [0.717, 1.165) is 24.1 Å². The fourth-order valence-corrected chi connectivity index (χ4v) is 1.92. The molecule has 1 aromatic carbocycles. The van der Waals surface area contributed by atoms with Gasteiger partial charge in [0.1, 0.15) is 5.75 Å². The van der Waals surface area contributed by atoms with Crippen LogP contribution in [0.15, 0.2) is 29.4 Å². The lowest BCUT2D eigenvalue weighted by Crippen LogP contribution is -2.25. The Kier molecular flexibility index (Phi) is 4.34. The summed E-state index contributed by atoms with van der Waals surface area (Å²) in [5.41, 5.74) is 4.73. The zero-order chi connectivity index (χ0) is 12.8. The van der Waals surface area contributed by atoms with E-state index in [1.807, 2.05) is 31.2 Å². The van der Waals surface area contributed by atoms with Crippen molar-refractivity contribution in [2.24, 2.45) is 5.10 Å². The van der Waals surface area contributed by atoms with Crippen molar-refractivity contribution in [2.45, 2.75) is 32.6 Å². The summed E-state index contributed by atoms with van der Waals surface area (Å²) in [5.74, 6) is 0.495. The molecule has 0 aliphatic heterocycles. The molecule has 0 unspecified atom stereocenters. The van der Waals surface area contributed by atoms with Crippen LogP contribution in [0.3, 0.4) is 0 Å². The van der Waals surface area contributed by atoms with E-state index in [0.29, 0.717) is 5.75 Å². The van der Waals surface area contributed by atoms with Crippen LogP contribution in [0.5, 0.6) is 5.75 Å². The van der Waals surface area contributed by atoms with E-state index in [1.165, 1.54) is 12.8 Å². The van der Waals surface area contributed by atoms with Gasteiger partial charge in [0.2, 0.25) is 0 Å². The Balaban J connectivity index is 1.76. The number of hydrogen-bond donors (Lipinski definition) is 1. The first-order valence-electron chi connectivity index (χ1n) is 6.28. The van der Waals surface area contributed by atoms with Crippen LogP contribution in [-0.2, 0) is 4.79 Å². The standard InChI is InChI=1S/C14H18N2O2/c1-11-5-4-8-13(9-11)18-10-14(17)16-15-12-6-2-3-7-12/h4-5,8-9H,2-3,6-7,10H2,1H3,(H,16,17). The van der Waals surface area contributed by atoms with Gasteiger partial charge in [0.25, 0.3) is 5.91 Å². The number of benzene rings is 1. The van der Waals surface area contributed by atoms with Gasteiger partial charge >= 0.3 is 0 Å². The number of aryl methyl sites for hydroxylation is 1. The first-order chi connectivity index (χ1) is 8.74. The second kappa shape index (κ2) is 6.19. The first-order valence-corrected chi connectivity index (χ1v) is 6.28. The van der Waals surface area contributed by atoms with Crippen LogP contribution in [-0.4, -0.2) is 18.2 Å². The average Bonchev–Trinajstić information content (AvgIpc) is 2.87. The van der Waals surface area contributed by atoms with Crippen molar-refractivity contribution in [3.8, 4) is 5.75 Å². The van der Waals surface area contributed by atoms with Crippen LogP contribution in [0.1, 0.15) is 31.2 Å². The molecule has 1 aliphatic rings. The quantitative estimate of drug-likeness (QED) is 0.829. The number of carbonyl (C=O) groups excluding carboxylic acids is 1. The fourth-order valence-electron chi connectivity index (χ4n) is 1.92. The summed E-state index contributed by atoms with van der Waals surface area (Å²) in [6.45, 7) is 1.99. The van der Waals surface area contributed by atoms with Gasteiger partial charge in [0.15, 0.2) is 6.61 Å². The SMILES string of the molecule is Cc1cccc(OCC(=O)NN=C2CCCC2)c1. The number of carbonyl (C=O) groups is 1. The summed E-state index contributed by atoms with van der Waals surface area (Å²) in [6.07, 6.45) is 4.35. The summed E-state index contributed by atoms with van der Waals surface area (Å²) >= 11 is 0. The van der Waals surface area contributed by atoms with Crippen LogP contribution >= 0.6 is 0 Å². The zero-order valence-electron chi connectivity index (χ0n) is 10.6. The van der Waals surface area contributed by atoms with Crippen LogP contribution in [0.25, 0.3) is 0 Å². The first kappa shape index (κ1) is 12.6. The van der Waals surface area contributed by atoms with Crippen molar-refractivity contribution in [1.82, 2.24) is 5.43 Å². The van der Waals surface area contributed by atoms with Gasteiger partial charge in [-0.1, -0.05) is 12.1 Å². The normalized spacial score (nSPS) is 14.4. The molecule has 0 saturated heterocycles. The number of nitrogens with one attached hydrogen (secondary N) is 1. The topological polar surface area (TPSA) is 50.7 Å².